The van der Waals surface area contributed by atoms with E-state index in [1.807, 2.05) is 6.92 Å². The standard InChI is InChI=1S/C9H17NO2/c1-7(2)6-10(5)9(3,4)8(11)12/h1,6H2,2-5H3,(H,11,12). The van der Waals surface area contributed by atoms with Gasteiger partial charge < -0.3 is 5.11 Å². The molecule has 0 saturated carbocycles. The van der Waals surface area contributed by atoms with Gasteiger partial charge in [-0.05, 0) is 27.8 Å². The lowest BCUT2D eigenvalue weighted by atomic mass is 10.0. The Morgan fingerprint density at radius 2 is 2.00 bits per heavy atom. The average molecular weight is 171 g/mol. The highest BCUT2D eigenvalue weighted by Gasteiger charge is 2.31. The molecule has 0 fully saturated rings. The number of nitrogens with zero attached hydrogens (tertiary/aromatic N) is 1. The van der Waals surface area contributed by atoms with E-state index in [2.05, 4.69) is 6.58 Å². The van der Waals surface area contributed by atoms with Gasteiger partial charge in [-0.15, -0.1) is 0 Å². The quantitative estimate of drug-likeness (QED) is 0.649. The maximum atomic E-state index is 10.8. The summed E-state index contributed by atoms with van der Waals surface area (Å²) in [6, 6.07) is 0. The summed E-state index contributed by atoms with van der Waals surface area (Å²) in [5.41, 5.74) is 0.144. The smallest absolute Gasteiger partial charge is 0.323 e. The van der Waals surface area contributed by atoms with E-state index in [9.17, 15) is 4.79 Å². The molecular formula is C9H17NO2. The second-order valence-electron chi connectivity index (χ2n) is 3.68. The molecule has 0 atom stereocenters. The predicted octanol–water partition coefficient (Wildman–Crippen LogP) is 1.36. The third-order valence-electron chi connectivity index (χ3n) is 1.98. The molecule has 0 unspecified atom stereocenters. The third kappa shape index (κ3) is 2.66. The van der Waals surface area contributed by atoms with Crippen LogP contribution in [0.25, 0.3) is 0 Å². The van der Waals surface area contributed by atoms with Crippen molar-refractivity contribution in [2.75, 3.05) is 13.6 Å². The van der Waals surface area contributed by atoms with Gasteiger partial charge in [-0.2, -0.15) is 0 Å². The molecule has 0 radical (unpaired) electrons. The van der Waals surface area contributed by atoms with E-state index in [1.165, 1.54) is 0 Å². The number of hydrogen-bond acceptors (Lipinski definition) is 2. The number of carboxylic acids is 1. The Bertz CT molecular complexity index is 197. The molecule has 0 saturated heterocycles. The number of carbonyl (C=O) groups is 1. The van der Waals surface area contributed by atoms with Gasteiger partial charge in [-0.3, -0.25) is 9.69 Å². The van der Waals surface area contributed by atoms with Crippen molar-refractivity contribution in [2.24, 2.45) is 0 Å². The number of aliphatic carboxylic acids is 1. The second kappa shape index (κ2) is 3.72. The third-order valence-corrected chi connectivity index (χ3v) is 1.98. The molecule has 0 spiro atoms. The molecule has 3 heteroatoms. The van der Waals surface area contributed by atoms with Gasteiger partial charge in [0.1, 0.15) is 5.54 Å². The van der Waals surface area contributed by atoms with Crippen molar-refractivity contribution in [3.63, 3.8) is 0 Å². The van der Waals surface area contributed by atoms with E-state index in [-0.39, 0.29) is 0 Å². The minimum atomic E-state index is -0.820. The Hall–Kier alpha value is -0.830. The van der Waals surface area contributed by atoms with Crippen LogP contribution in [0, 0.1) is 0 Å². The topological polar surface area (TPSA) is 40.5 Å². The number of rotatable bonds is 4. The Balaban J connectivity index is 4.35. The number of likely N-dealkylation sites (N-methyl/N-ethyl adjacent to an activating group) is 1. The molecule has 0 aliphatic rings. The highest BCUT2D eigenvalue weighted by atomic mass is 16.4. The van der Waals surface area contributed by atoms with Crippen LogP contribution in [0.4, 0.5) is 0 Å². The van der Waals surface area contributed by atoms with Gasteiger partial charge in [-0.1, -0.05) is 12.2 Å². The van der Waals surface area contributed by atoms with Crippen LogP contribution in [0.5, 0.6) is 0 Å². The van der Waals surface area contributed by atoms with E-state index >= 15 is 0 Å². The lowest BCUT2D eigenvalue weighted by Gasteiger charge is -2.31. The van der Waals surface area contributed by atoms with Crippen LogP contribution in [-0.2, 0) is 4.79 Å². The first-order valence-corrected chi connectivity index (χ1v) is 3.87. The summed E-state index contributed by atoms with van der Waals surface area (Å²) in [5.74, 6) is -0.814. The van der Waals surface area contributed by atoms with E-state index in [0.29, 0.717) is 6.54 Å². The van der Waals surface area contributed by atoms with Crippen LogP contribution in [-0.4, -0.2) is 35.1 Å². The summed E-state index contributed by atoms with van der Waals surface area (Å²) in [6.07, 6.45) is 0. The van der Waals surface area contributed by atoms with E-state index in [4.69, 9.17) is 5.11 Å². The van der Waals surface area contributed by atoms with Crippen LogP contribution in [0.15, 0.2) is 12.2 Å². The van der Waals surface area contributed by atoms with Gasteiger partial charge in [0, 0.05) is 6.54 Å². The zero-order valence-corrected chi connectivity index (χ0v) is 8.22. The van der Waals surface area contributed by atoms with Crippen LogP contribution >= 0.6 is 0 Å². The molecule has 0 aromatic heterocycles. The second-order valence-corrected chi connectivity index (χ2v) is 3.68. The Morgan fingerprint density at radius 3 is 2.25 bits per heavy atom. The van der Waals surface area contributed by atoms with Crippen LogP contribution < -0.4 is 0 Å². The van der Waals surface area contributed by atoms with Gasteiger partial charge in [0.05, 0.1) is 0 Å². The molecule has 0 aromatic carbocycles. The van der Waals surface area contributed by atoms with Crippen molar-refractivity contribution in [3.05, 3.63) is 12.2 Å². The Labute approximate surface area is 73.7 Å². The summed E-state index contributed by atoms with van der Waals surface area (Å²) in [4.78, 5) is 12.5. The monoisotopic (exact) mass is 171 g/mol. The van der Waals surface area contributed by atoms with Crippen molar-refractivity contribution >= 4 is 5.97 Å². The minimum Gasteiger partial charge on any atom is -0.480 e. The first-order valence-electron chi connectivity index (χ1n) is 3.87. The largest absolute Gasteiger partial charge is 0.480 e. The molecule has 0 aromatic rings. The molecule has 0 aliphatic carbocycles. The van der Waals surface area contributed by atoms with Gasteiger partial charge >= 0.3 is 5.97 Å². The fourth-order valence-corrected chi connectivity index (χ4v) is 0.766. The molecule has 1 N–H and O–H groups in total. The van der Waals surface area contributed by atoms with Crippen molar-refractivity contribution in [1.29, 1.82) is 0 Å². The van der Waals surface area contributed by atoms with Gasteiger partial charge in [-0.25, -0.2) is 0 Å². The molecule has 0 aliphatic heterocycles. The maximum Gasteiger partial charge on any atom is 0.323 e. The summed E-state index contributed by atoms with van der Waals surface area (Å²) >= 11 is 0. The SMILES string of the molecule is C=C(C)CN(C)C(C)(C)C(=O)O. The first kappa shape index (κ1) is 11.2. The molecule has 70 valence electrons. The molecule has 0 amide bonds. The Morgan fingerprint density at radius 1 is 1.58 bits per heavy atom. The number of hydrogen-bond donors (Lipinski definition) is 1. The fourth-order valence-electron chi connectivity index (χ4n) is 0.766. The van der Waals surface area contributed by atoms with Crippen LogP contribution in [0.3, 0.4) is 0 Å². The molecule has 0 heterocycles. The van der Waals surface area contributed by atoms with Crippen molar-refractivity contribution in [2.45, 2.75) is 26.3 Å². The molecule has 3 nitrogen and oxygen atoms in total. The lowest BCUT2D eigenvalue weighted by Crippen LogP contribution is -2.48. The number of carboxylic acid groups (broad SMARTS) is 1. The van der Waals surface area contributed by atoms with Crippen molar-refractivity contribution in [3.8, 4) is 0 Å². The van der Waals surface area contributed by atoms with E-state index < -0.39 is 11.5 Å². The summed E-state index contributed by atoms with van der Waals surface area (Å²) < 4.78 is 0. The zero-order chi connectivity index (χ0) is 9.94. The molecular weight excluding hydrogens is 154 g/mol. The fraction of sp³-hybridized carbons (Fsp3) is 0.667. The van der Waals surface area contributed by atoms with Gasteiger partial charge in [0.2, 0.25) is 0 Å². The normalized spacial score (nSPS) is 11.8. The van der Waals surface area contributed by atoms with E-state index in [1.54, 1.807) is 25.8 Å². The average Bonchev–Trinajstić information content (AvgIpc) is 1.85. The first-order chi connectivity index (χ1) is 5.28. The van der Waals surface area contributed by atoms with Crippen molar-refractivity contribution < 1.29 is 9.90 Å². The summed E-state index contributed by atoms with van der Waals surface area (Å²) in [5, 5.41) is 8.85. The predicted molar refractivity (Wildman–Crippen MR) is 49.2 cm³/mol. The summed E-state index contributed by atoms with van der Waals surface area (Å²) in [7, 11) is 1.78. The zero-order valence-electron chi connectivity index (χ0n) is 8.22. The lowest BCUT2D eigenvalue weighted by molar-refractivity contribution is -0.148. The molecule has 0 rings (SSSR count). The summed E-state index contributed by atoms with van der Waals surface area (Å²) in [6.45, 7) is 9.58. The molecule has 12 heavy (non-hydrogen) atoms. The van der Waals surface area contributed by atoms with Gasteiger partial charge in [0.25, 0.3) is 0 Å². The maximum absolute atomic E-state index is 10.8. The minimum absolute atomic E-state index is 0.610. The highest BCUT2D eigenvalue weighted by Crippen LogP contribution is 2.13. The van der Waals surface area contributed by atoms with E-state index in [0.717, 1.165) is 5.57 Å². The van der Waals surface area contributed by atoms with Gasteiger partial charge in [0.15, 0.2) is 0 Å². The van der Waals surface area contributed by atoms with Crippen LogP contribution in [0.1, 0.15) is 20.8 Å². The highest BCUT2D eigenvalue weighted by molar-refractivity contribution is 5.77. The Kier molecular flexibility index (Phi) is 3.46. The van der Waals surface area contributed by atoms with Crippen molar-refractivity contribution in [1.82, 2.24) is 4.90 Å². The van der Waals surface area contributed by atoms with Crippen LogP contribution in [0.2, 0.25) is 0 Å². The molecule has 0 bridgehead atoms.